The van der Waals surface area contributed by atoms with Gasteiger partial charge in [-0.2, -0.15) is 0 Å². The molecule has 1 nitrogen and oxygen atoms in total. The molecule has 1 aromatic carbocycles. The molecular formula is C10H13IMgO. The van der Waals surface area contributed by atoms with Crippen molar-refractivity contribution in [2.24, 2.45) is 0 Å². The molecule has 0 N–H and O–H groups in total. The zero-order valence-electron chi connectivity index (χ0n) is 7.92. The summed E-state index contributed by atoms with van der Waals surface area (Å²) >= 11 is 2.62. The third kappa shape index (κ3) is 4.51. The number of halogens is 1. The van der Waals surface area contributed by atoms with Gasteiger partial charge in [-0.3, -0.25) is 0 Å². The summed E-state index contributed by atoms with van der Waals surface area (Å²) in [6, 6.07) is 8.47. The second kappa shape index (κ2) is 6.89. The molecule has 0 saturated heterocycles. The van der Waals surface area contributed by atoms with E-state index in [0.29, 0.717) is 0 Å². The fourth-order valence-electron chi connectivity index (χ4n) is 1.12. The highest BCUT2D eigenvalue weighted by atomic mass is 127. The maximum atomic E-state index is 5.56. The fourth-order valence-corrected chi connectivity index (χ4v) is 3.52. The van der Waals surface area contributed by atoms with E-state index in [1.807, 2.05) is 6.07 Å². The van der Waals surface area contributed by atoms with Crippen molar-refractivity contribution in [3.05, 3.63) is 29.8 Å². The molecule has 68 valence electrons. The van der Waals surface area contributed by atoms with Crippen LogP contribution in [0.2, 0.25) is 0 Å². The summed E-state index contributed by atoms with van der Waals surface area (Å²) in [5.41, 5.74) is 1.43. The van der Waals surface area contributed by atoms with Crippen LogP contribution in [0.1, 0.15) is 18.9 Å². The SMILES string of the molecule is CCCOc1cccc([CH2][Mg][I])c1. The van der Waals surface area contributed by atoms with Gasteiger partial charge in [0.15, 0.2) is 0 Å². The van der Waals surface area contributed by atoms with E-state index in [1.165, 1.54) is 10.1 Å². The number of rotatable bonds is 5. The summed E-state index contributed by atoms with van der Waals surface area (Å²) in [6.07, 6.45) is 1.07. The van der Waals surface area contributed by atoms with Crippen LogP contribution in [-0.2, 0) is 4.55 Å². The summed E-state index contributed by atoms with van der Waals surface area (Å²) in [7, 11) is 0. The molecule has 0 unspecified atom stereocenters. The van der Waals surface area contributed by atoms with E-state index in [-0.39, 0.29) is 16.5 Å². The minimum Gasteiger partial charge on any atom is -0.494 e. The zero-order valence-corrected chi connectivity index (χ0v) is 11.5. The van der Waals surface area contributed by atoms with Gasteiger partial charge in [0.1, 0.15) is 5.75 Å². The lowest BCUT2D eigenvalue weighted by atomic mass is 10.2. The molecule has 0 aliphatic heterocycles. The maximum absolute atomic E-state index is 5.56. The first-order valence-electron chi connectivity index (χ1n) is 4.64. The molecule has 0 heterocycles. The lowest BCUT2D eigenvalue weighted by Gasteiger charge is -2.05. The van der Waals surface area contributed by atoms with E-state index >= 15 is 0 Å². The van der Waals surface area contributed by atoms with E-state index < -0.39 is 0 Å². The molecule has 0 aromatic heterocycles. The van der Waals surface area contributed by atoms with Crippen molar-refractivity contribution in [3.63, 3.8) is 0 Å². The minimum absolute atomic E-state index is 0.0950. The summed E-state index contributed by atoms with van der Waals surface area (Å²) in [5, 5.41) is 0. The molecule has 0 atom stereocenters. The second-order valence-electron chi connectivity index (χ2n) is 2.93. The van der Waals surface area contributed by atoms with Crippen molar-refractivity contribution < 1.29 is 4.74 Å². The Morgan fingerprint density at radius 2 is 2.31 bits per heavy atom. The lowest BCUT2D eigenvalue weighted by molar-refractivity contribution is 0.317. The Bertz CT molecular complexity index is 252. The summed E-state index contributed by atoms with van der Waals surface area (Å²) in [6.45, 7) is 2.95. The van der Waals surface area contributed by atoms with Crippen LogP contribution in [0, 0.1) is 0 Å². The second-order valence-corrected chi connectivity index (χ2v) is 7.05. The van der Waals surface area contributed by atoms with Gasteiger partial charge in [0.25, 0.3) is 0 Å². The summed E-state index contributed by atoms with van der Waals surface area (Å²) < 4.78 is 6.82. The molecule has 1 aromatic rings. The third-order valence-electron chi connectivity index (χ3n) is 1.75. The topological polar surface area (TPSA) is 9.23 Å². The smallest absolute Gasteiger partial charge is 0.468 e. The van der Waals surface area contributed by atoms with Crippen LogP contribution in [0.4, 0.5) is 0 Å². The van der Waals surface area contributed by atoms with Crippen LogP contribution in [0.3, 0.4) is 0 Å². The van der Waals surface area contributed by atoms with Crippen LogP contribution in [0.5, 0.6) is 5.75 Å². The molecule has 0 fully saturated rings. The quantitative estimate of drug-likeness (QED) is 0.600. The zero-order chi connectivity index (χ0) is 9.52. The normalized spacial score (nSPS) is 9.38. The Morgan fingerprint density at radius 3 is 3.00 bits per heavy atom. The molecule has 13 heavy (non-hydrogen) atoms. The van der Waals surface area contributed by atoms with Crippen molar-refractivity contribution in [2.45, 2.75) is 17.9 Å². The van der Waals surface area contributed by atoms with Gasteiger partial charge in [0.05, 0.1) is 6.61 Å². The highest BCUT2D eigenvalue weighted by Crippen LogP contribution is 2.14. The molecule has 0 aliphatic rings. The van der Waals surface area contributed by atoms with Crippen molar-refractivity contribution in [3.8, 4) is 5.75 Å². The number of benzene rings is 1. The standard InChI is InChI=1S/C10H13O.HI.Mg/c1-3-7-11-10-6-4-5-9(2)8-10;;/h4-6,8H,2-3,7H2,1H3;1H;/q;;+1/p-1. The van der Waals surface area contributed by atoms with Gasteiger partial charge in [-0.15, -0.1) is 4.55 Å². The summed E-state index contributed by atoms with van der Waals surface area (Å²) in [4.78, 5) is 0. The fraction of sp³-hybridized carbons (Fsp3) is 0.400. The minimum atomic E-state index is 0.0950. The average Bonchev–Trinajstić information content (AvgIpc) is 2.16. The van der Waals surface area contributed by atoms with Crippen LogP contribution >= 0.6 is 18.9 Å². The molecule has 0 bridgehead atoms. The van der Waals surface area contributed by atoms with Crippen LogP contribution in [-0.4, -0.2) is 23.1 Å². The Labute approximate surface area is 99.3 Å². The van der Waals surface area contributed by atoms with Crippen LogP contribution in [0.25, 0.3) is 0 Å². The lowest BCUT2D eigenvalue weighted by Crippen LogP contribution is -1.96. The first kappa shape index (κ1) is 11.6. The molecule has 0 spiro atoms. The predicted molar refractivity (Wildman–Crippen MR) is 65.7 cm³/mol. The Kier molecular flexibility index (Phi) is 6.15. The van der Waals surface area contributed by atoms with Gasteiger partial charge in [-0.25, -0.2) is 0 Å². The predicted octanol–water partition coefficient (Wildman–Crippen LogP) is 3.03. The first-order chi connectivity index (χ1) is 6.36. The Hall–Kier alpha value is 0.516. The van der Waals surface area contributed by atoms with E-state index in [0.717, 1.165) is 18.8 Å². The molecule has 0 amide bonds. The van der Waals surface area contributed by atoms with E-state index in [2.05, 4.69) is 44.0 Å². The third-order valence-corrected chi connectivity index (χ3v) is 4.14. The largest absolute Gasteiger partial charge is 0.494 e. The van der Waals surface area contributed by atoms with Gasteiger partial charge >= 0.3 is 16.5 Å². The van der Waals surface area contributed by atoms with Gasteiger partial charge < -0.3 is 23.6 Å². The highest BCUT2D eigenvalue weighted by Gasteiger charge is 1.97. The van der Waals surface area contributed by atoms with Gasteiger partial charge in [0, 0.05) is 0 Å². The van der Waals surface area contributed by atoms with E-state index in [9.17, 15) is 0 Å². The monoisotopic (exact) mass is 300 g/mol. The van der Waals surface area contributed by atoms with Crippen molar-refractivity contribution >= 4 is 35.3 Å². The van der Waals surface area contributed by atoms with Crippen molar-refractivity contribution in [2.75, 3.05) is 6.61 Å². The number of hydrogen-bond donors (Lipinski definition) is 0. The van der Waals surface area contributed by atoms with Crippen LogP contribution < -0.4 is 4.74 Å². The first-order valence-corrected chi connectivity index (χ1v) is 10.8. The molecule has 0 radical (unpaired) electrons. The molecule has 3 heteroatoms. The summed E-state index contributed by atoms with van der Waals surface area (Å²) in [5.74, 6) is 1.03. The Balaban J connectivity index is 2.56. The molecular weight excluding hydrogens is 287 g/mol. The van der Waals surface area contributed by atoms with Crippen LogP contribution in [0.15, 0.2) is 24.3 Å². The van der Waals surface area contributed by atoms with E-state index in [4.69, 9.17) is 4.74 Å². The molecule has 1 rings (SSSR count). The van der Waals surface area contributed by atoms with Crippen molar-refractivity contribution in [1.29, 1.82) is 0 Å². The Morgan fingerprint density at radius 1 is 1.46 bits per heavy atom. The van der Waals surface area contributed by atoms with Crippen molar-refractivity contribution in [1.82, 2.24) is 0 Å². The van der Waals surface area contributed by atoms with Gasteiger partial charge in [0.2, 0.25) is 0 Å². The molecule has 0 saturated carbocycles. The van der Waals surface area contributed by atoms with E-state index in [1.54, 1.807) is 0 Å². The average molecular weight is 300 g/mol. The van der Waals surface area contributed by atoms with Gasteiger partial charge in [-0.05, 0) is 18.6 Å². The molecule has 0 aliphatic carbocycles. The highest BCUT2D eigenvalue weighted by molar-refractivity contribution is 14.1. The maximum Gasteiger partial charge on any atom is 0.468 e. The number of hydrogen-bond acceptors (Lipinski definition) is 1. The van der Waals surface area contributed by atoms with Gasteiger partial charge in [-0.1, -0.05) is 24.6 Å². The number of ether oxygens (including phenoxy) is 1.